The molecule has 3 aliphatic rings. The standard InChI is InChI=1S/C25H39N3O3/c29-19-18-27-16-6-11-25(24(27)30)12-7-17-28(25)21-22-9-2-3-10-23(22)31-20-8-15-26-13-4-1-5-14-26/h2-3,9-10,29H,1,4-8,11-21H2. The number of carbonyl (C=O) groups is 1. The molecule has 3 saturated heterocycles. The highest BCUT2D eigenvalue weighted by molar-refractivity contribution is 5.87. The number of β-amino-alcohol motifs (C(OH)–C–C–N with tert-alkyl or cyclic N) is 1. The monoisotopic (exact) mass is 429 g/mol. The smallest absolute Gasteiger partial charge is 0.243 e. The van der Waals surface area contributed by atoms with Crippen molar-refractivity contribution in [3.63, 3.8) is 0 Å². The van der Waals surface area contributed by atoms with E-state index in [9.17, 15) is 9.90 Å². The molecule has 0 aliphatic carbocycles. The Kier molecular flexibility index (Phi) is 7.86. The van der Waals surface area contributed by atoms with Crippen molar-refractivity contribution in [3.8, 4) is 5.75 Å². The van der Waals surface area contributed by atoms with E-state index in [2.05, 4.69) is 28.0 Å². The Balaban J connectivity index is 1.37. The Hall–Kier alpha value is -1.63. The van der Waals surface area contributed by atoms with Gasteiger partial charge in [0.25, 0.3) is 0 Å². The number of benzene rings is 1. The lowest BCUT2D eigenvalue weighted by atomic mass is 9.85. The number of rotatable bonds is 9. The summed E-state index contributed by atoms with van der Waals surface area (Å²) in [6.07, 6.45) is 8.99. The number of amides is 1. The Morgan fingerprint density at radius 2 is 1.71 bits per heavy atom. The van der Waals surface area contributed by atoms with E-state index in [1.54, 1.807) is 0 Å². The van der Waals surface area contributed by atoms with Gasteiger partial charge in [0, 0.05) is 31.7 Å². The molecular weight excluding hydrogens is 390 g/mol. The van der Waals surface area contributed by atoms with Gasteiger partial charge in [0.2, 0.25) is 5.91 Å². The van der Waals surface area contributed by atoms with Gasteiger partial charge in [0.05, 0.1) is 13.2 Å². The van der Waals surface area contributed by atoms with Gasteiger partial charge >= 0.3 is 0 Å². The Bertz CT molecular complexity index is 720. The summed E-state index contributed by atoms with van der Waals surface area (Å²) in [4.78, 5) is 20.1. The van der Waals surface area contributed by atoms with Crippen molar-refractivity contribution in [2.24, 2.45) is 0 Å². The van der Waals surface area contributed by atoms with Crippen LogP contribution in [0.1, 0.15) is 56.9 Å². The lowest BCUT2D eigenvalue weighted by molar-refractivity contribution is -0.148. The summed E-state index contributed by atoms with van der Waals surface area (Å²) in [5.74, 6) is 1.17. The maximum Gasteiger partial charge on any atom is 0.243 e. The van der Waals surface area contributed by atoms with Crippen LogP contribution in [0.2, 0.25) is 0 Å². The molecule has 6 heteroatoms. The quantitative estimate of drug-likeness (QED) is 0.612. The third-order valence-electron chi connectivity index (χ3n) is 7.36. The maximum absolute atomic E-state index is 13.3. The zero-order chi connectivity index (χ0) is 21.5. The number of piperidine rings is 2. The van der Waals surface area contributed by atoms with Gasteiger partial charge < -0.3 is 19.6 Å². The molecule has 1 N–H and O–H groups in total. The van der Waals surface area contributed by atoms with Crippen LogP contribution in [-0.2, 0) is 11.3 Å². The molecule has 172 valence electrons. The third-order valence-corrected chi connectivity index (χ3v) is 7.36. The number of hydrogen-bond donors (Lipinski definition) is 1. The molecule has 31 heavy (non-hydrogen) atoms. The number of aliphatic hydroxyl groups is 1. The number of aliphatic hydroxyl groups excluding tert-OH is 1. The molecule has 1 amide bonds. The van der Waals surface area contributed by atoms with Crippen molar-refractivity contribution in [2.45, 2.75) is 63.5 Å². The van der Waals surface area contributed by atoms with E-state index >= 15 is 0 Å². The Morgan fingerprint density at radius 1 is 0.935 bits per heavy atom. The minimum atomic E-state index is -0.394. The van der Waals surface area contributed by atoms with Crippen molar-refractivity contribution in [2.75, 3.05) is 52.5 Å². The number of ether oxygens (including phenoxy) is 1. The third kappa shape index (κ3) is 5.24. The summed E-state index contributed by atoms with van der Waals surface area (Å²) in [7, 11) is 0. The summed E-state index contributed by atoms with van der Waals surface area (Å²) in [5, 5.41) is 9.36. The highest BCUT2D eigenvalue weighted by Gasteiger charge is 2.50. The highest BCUT2D eigenvalue weighted by atomic mass is 16.5. The second-order valence-corrected chi connectivity index (χ2v) is 9.39. The largest absolute Gasteiger partial charge is 0.493 e. The lowest BCUT2D eigenvalue weighted by Crippen LogP contribution is -2.60. The fourth-order valence-corrected chi connectivity index (χ4v) is 5.72. The van der Waals surface area contributed by atoms with Crippen LogP contribution in [0.3, 0.4) is 0 Å². The maximum atomic E-state index is 13.3. The minimum Gasteiger partial charge on any atom is -0.493 e. The fraction of sp³-hybridized carbons (Fsp3) is 0.720. The number of carbonyl (C=O) groups excluding carboxylic acids is 1. The summed E-state index contributed by atoms with van der Waals surface area (Å²) >= 11 is 0. The molecule has 3 fully saturated rings. The minimum absolute atomic E-state index is 0.0376. The number of nitrogens with zero attached hydrogens (tertiary/aromatic N) is 3. The van der Waals surface area contributed by atoms with E-state index in [1.807, 2.05) is 11.0 Å². The van der Waals surface area contributed by atoms with Gasteiger partial charge in [0.15, 0.2) is 0 Å². The average Bonchev–Trinajstić information content (AvgIpc) is 3.19. The number of para-hydroxylation sites is 1. The van der Waals surface area contributed by atoms with Crippen LogP contribution in [0.15, 0.2) is 24.3 Å². The van der Waals surface area contributed by atoms with E-state index in [0.29, 0.717) is 6.54 Å². The van der Waals surface area contributed by atoms with E-state index in [4.69, 9.17) is 4.74 Å². The normalized spacial score (nSPS) is 25.5. The molecule has 0 bridgehead atoms. The van der Waals surface area contributed by atoms with Crippen molar-refractivity contribution in [3.05, 3.63) is 29.8 Å². The molecule has 1 aromatic rings. The zero-order valence-corrected chi connectivity index (χ0v) is 18.9. The van der Waals surface area contributed by atoms with Crippen molar-refractivity contribution in [1.82, 2.24) is 14.7 Å². The van der Waals surface area contributed by atoms with E-state index in [-0.39, 0.29) is 12.5 Å². The first-order valence-electron chi connectivity index (χ1n) is 12.3. The van der Waals surface area contributed by atoms with Gasteiger partial charge in [-0.25, -0.2) is 0 Å². The Morgan fingerprint density at radius 3 is 2.52 bits per heavy atom. The van der Waals surface area contributed by atoms with E-state index in [1.165, 1.54) is 37.9 Å². The summed E-state index contributed by atoms with van der Waals surface area (Å²) in [6.45, 7) is 7.27. The van der Waals surface area contributed by atoms with Crippen LogP contribution >= 0.6 is 0 Å². The van der Waals surface area contributed by atoms with Crippen LogP contribution < -0.4 is 4.74 Å². The lowest BCUT2D eigenvalue weighted by Gasteiger charge is -2.44. The first-order valence-corrected chi connectivity index (χ1v) is 12.3. The highest BCUT2D eigenvalue weighted by Crippen LogP contribution is 2.40. The molecule has 1 unspecified atom stereocenters. The molecule has 1 atom stereocenters. The molecule has 1 spiro atoms. The average molecular weight is 430 g/mol. The van der Waals surface area contributed by atoms with Crippen LogP contribution in [0.25, 0.3) is 0 Å². The zero-order valence-electron chi connectivity index (χ0n) is 18.9. The predicted octanol–water partition coefficient (Wildman–Crippen LogP) is 2.89. The predicted molar refractivity (Wildman–Crippen MR) is 122 cm³/mol. The molecule has 0 saturated carbocycles. The first kappa shape index (κ1) is 22.6. The van der Waals surface area contributed by atoms with Gasteiger partial charge in [0.1, 0.15) is 11.3 Å². The molecule has 3 heterocycles. The molecule has 0 radical (unpaired) electrons. The van der Waals surface area contributed by atoms with Gasteiger partial charge in [-0.1, -0.05) is 24.6 Å². The Labute approximate surface area is 187 Å². The topological polar surface area (TPSA) is 56.3 Å². The molecule has 4 rings (SSSR count). The molecule has 6 nitrogen and oxygen atoms in total. The second-order valence-electron chi connectivity index (χ2n) is 9.39. The SMILES string of the molecule is O=C1N(CCO)CCCC12CCCN2Cc1ccccc1OCCCN1CCCCC1. The van der Waals surface area contributed by atoms with E-state index in [0.717, 1.165) is 70.6 Å². The van der Waals surface area contributed by atoms with Crippen molar-refractivity contribution in [1.29, 1.82) is 0 Å². The summed E-state index contributed by atoms with van der Waals surface area (Å²) < 4.78 is 6.22. The number of hydrogen-bond acceptors (Lipinski definition) is 5. The number of likely N-dealkylation sites (tertiary alicyclic amines) is 3. The molecule has 0 aromatic heterocycles. The molecular formula is C25H39N3O3. The molecule has 3 aliphatic heterocycles. The second kappa shape index (κ2) is 10.8. The van der Waals surface area contributed by atoms with Crippen molar-refractivity contribution >= 4 is 5.91 Å². The van der Waals surface area contributed by atoms with Gasteiger partial charge in [-0.3, -0.25) is 9.69 Å². The van der Waals surface area contributed by atoms with Crippen LogP contribution in [0.5, 0.6) is 5.75 Å². The van der Waals surface area contributed by atoms with Gasteiger partial charge in [-0.05, 0) is 70.6 Å². The van der Waals surface area contributed by atoms with Crippen LogP contribution in [0, 0.1) is 0 Å². The van der Waals surface area contributed by atoms with Gasteiger partial charge in [-0.2, -0.15) is 0 Å². The molecule has 1 aromatic carbocycles. The first-order chi connectivity index (χ1) is 15.2. The summed E-state index contributed by atoms with van der Waals surface area (Å²) in [6, 6.07) is 8.32. The van der Waals surface area contributed by atoms with Crippen molar-refractivity contribution < 1.29 is 14.6 Å². The van der Waals surface area contributed by atoms with Crippen LogP contribution in [0.4, 0.5) is 0 Å². The van der Waals surface area contributed by atoms with E-state index < -0.39 is 5.54 Å². The van der Waals surface area contributed by atoms with Gasteiger partial charge in [-0.15, -0.1) is 0 Å². The van der Waals surface area contributed by atoms with Crippen LogP contribution in [-0.4, -0.2) is 83.7 Å². The fourth-order valence-electron chi connectivity index (χ4n) is 5.72. The summed E-state index contributed by atoms with van der Waals surface area (Å²) in [5.41, 5.74) is 0.781.